The predicted octanol–water partition coefficient (Wildman–Crippen LogP) is 4.36. The number of hydrogen-bond donors (Lipinski definition) is 2. The van der Waals surface area contributed by atoms with Crippen LogP contribution in [0.25, 0.3) is 10.4 Å². The summed E-state index contributed by atoms with van der Waals surface area (Å²) in [6.07, 6.45) is 0.322. The molecule has 2 amide bonds. The van der Waals surface area contributed by atoms with Gasteiger partial charge in [-0.2, -0.15) is 5.10 Å². The van der Waals surface area contributed by atoms with Gasteiger partial charge in [-0.3, -0.25) is 9.59 Å². The Labute approximate surface area is 166 Å². The summed E-state index contributed by atoms with van der Waals surface area (Å²) in [4.78, 5) is 25.7. The van der Waals surface area contributed by atoms with Gasteiger partial charge in [0, 0.05) is 16.2 Å². The molecule has 3 aromatic rings. The van der Waals surface area contributed by atoms with Crippen molar-refractivity contribution in [2.24, 2.45) is 5.10 Å². The van der Waals surface area contributed by atoms with Gasteiger partial charge in [-0.25, -0.2) is 5.01 Å². The number of amides is 2. The Morgan fingerprint density at radius 3 is 2.61 bits per heavy atom. The molecule has 6 nitrogen and oxygen atoms in total. The van der Waals surface area contributed by atoms with Crippen molar-refractivity contribution in [2.75, 3.05) is 16.1 Å². The van der Waals surface area contributed by atoms with E-state index in [4.69, 9.17) is 5.73 Å². The SMILES string of the molecule is CC1=NN(c2ccc(C(=O)Nc3cc(-c4cccs4)ccc3N)cc2)C(=O)C1. The number of nitrogens with one attached hydrogen (secondary N) is 1. The predicted molar refractivity (Wildman–Crippen MR) is 114 cm³/mol. The van der Waals surface area contributed by atoms with Crippen molar-refractivity contribution in [2.45, 2.75) is 13.3 Å². The summed E-state index contributed by atoms with van der Waals surface area (Å²) in [5, 5.41) is 10.4. The van der Waals surface area contributed by atoms with E-state index in [0.717, 1.165) is 16.2 Å². The third kappa shape index (κ3) is 3.52. The average molecular weight is 390 g/mol. The fraction of sp³-hybridized carbons (Fsp3) is 0.0952. The molecule has 0 bridgehead atoms. The van der Waals surface area contributed by atoms with Crippen LogP contribution in [0.5, 0.6) is 0 Å². The van der Waals surface area contributed by atoms with Crippen LogP contribution in [0.3, 0.4) is 0 Å². The van der Waals surface area contributed by atoms with Crippen molar-refractivity contribution in [1.29, 1.82) is 0 Å². The highest BCUT2D eigenvalue weighted by molar-refractivity contribution is 7.13. The lowest BCUT2D eigenvalue weighted by molar-refractivity contribution is -0.116. The number of nitrogens with two attached hydrogens (primary N) is 1. The van der Waals surface area contributed by atoms with Gasteiger partial charge in [0.2, 0.25) is 0 Å². The van der Waals surface area contributed by atoms with Crippen molar-refractivity contribution in [1.82, 2.24) is 0 Å². The first-order valence-corrected chi connectivity index (χ1v) is 9.61. The van der Waals surface area contributed by atoms with Crippen LogP contribution in [0.2, 0.25) is 0 Å². The number of anilines is 3. The molecule has 0 unspecified atom stereocenters. The Bertz CT molecular complexity index is 1070. The van der Waals surface area contributed by atoms with Gasteiger partial charge in [0.25, 0.3) is 11.8 Å². The van der Waals surface area contributed by atoms with Gasteiger partial charge in [-0.05, 0) is 60.3 Å². The largest absolute Gasteiger partial charge is 0.397 e. The van der Waals surface area contributed by atoms with E-state index in [0.29, 0.717) is 29.0 Å². The molecule has 1 aliphatic heterocycles. The van der Waals surface area contributed by atoms with Crippen LogP contribution in [-0.4, -0.2) is 17.5 Å². The topological polar surface area (TPSA) is 87.8 Å². The van der Waals surface area contributed by atoms with Crippen molar-refractivity contribution in [3.63, 3.8) is 0 Å². The second-order valence-electron chi connectivity index (χ2n) is 6.50. The Hall–Kier alpha value is -3.45. The Balaban J connectivity index is 1.53. The summed E-state index contributed by atoms with van der Waals surface area (Å²) in [5.74, 6) is -0.345. The molecule has 0 spiro atoms. The number of hydrogen-bond acceptors (Lipinski definition) is 5. The molecule has 4 rings (SSSR count). The standard InChI is InChI=1S/C21H18N4O2S/c1-13-11-20(26)25(24-13)16-7-4-14(5-8-16)21(27)23-18-12-15(6-9-17(18)22)19-3-2-10-28-19/h2-10,12H,11,22H2,1H3,(H,23,27). The molecule has 0 saturated carbocycles. The first-order chi connectivity index (χ1) is 13.5. The summed E-state index contributed by atoms with van der Waals surface area (Å²) >= 11 is 1.62. The number of carbonyl (C=O) groups is 2. The quantitative estimate of drug-likeness (QED) is 0.649. The van der Waals surface area contributed by atoms with Gasteiger partial charge < -0.3 is 11.1 Å². The maximum absolute atomic E-state index is 12.6. The van der Waals surface area contributed by atoms with E-state index in [1.807, 2.05) is 36.6 Å². The van der Waals surface area contributed by atoms with Crippen LogP contribution in [0.1, 0.15) is 23.7 Å². The minimum Gasteiger partial charge on any atom is -0.397 e. The van der Waals surface area contributed by atoms with E-state index in [2.05, 4.69) is 10.4 Å². The summed E-state index contributed by atoms with van der Waals surface area (Å²) in [6, 6.07) is 16.3. The van der Waals surface area contributed by atoms with Crippen molar-refractivity contribution in [3.05, 3.63) is 65.5 Å². The normalized spacial score (nSPS) is 13.5. The third-order valence-electron chi connectivity index (χ3n) is 4.40. The van der Waals surface area contributed by atoms with Crippen LogP contribution in [0.15, 0.2) is 65.1 Å². The summed E-state index contributed by atoms with van der Waals surface area (Å²) in [6.45, 7) is 1.81. The van der Waals surface area contributed by atoms with Gasteiger partial charge >= 0.3 is 0 Å². The fourth-order valence-electron chi connectivity index (χ4n) is 2.97. The third-order valence-corrected chi connectivity index (χ3v) is 5.31. The number of hydrazone groups is 1. The molecule has 0 fully saturated rings. The second kappa shape index (κ2) is 7.28. The lowest BCUT2D eigenvalue weighted by Gasteiger charge is -2.13. The maximum Gasteiger partial charge on any atom is 0.255 e. The van der Waals surface area contributed by atoms with Crippen LogP contribution < -0.4 is 16.1 Å². The van der Waals surface area contributed by atoms with Gasteiger partial charge in [0.15, 0.2) is 0 Å². The van der Waals surface area contributed by atoms with Gasteiger partial charge in [0.1, 0.15) is 0 Å². The Morgan fingerprint density at radius 1 is 1.18 bits per heavy atom. The zero-order valence-electron chi connectivity index (χ0n) is 15.2. The number of nitrogens with zero attached hydrogens (tertiary/aromatic N) is 2. The minimum atomic E-state index is -0.269. The molecule has 1 aromatic heterocycles. The molecular formula is C21H18N4O2S. The van der Waals surface area contributed by atoms with Gasteiger partial charge in [-0.15, -0.1) is 11.3 Å². The van der Waals surface area contributed by atoms with Crippen LogP contribution in [0, 0.1) is 0 Å². The lowest BCUT2D eigenvalue weighted by atomic mass is 10.1. The highest BCUT2D eigenvalue weighted by Crippen LogP contribution is 2.30. The van der Waals surface area contributed by atoms with E-state index >= 15 is 0 Å². The Morgan fingerprint density at radius 2 is 1.96 bits per heavy atom. The molecule has 140 valence electrons. The number of thiophene rings is 1. The van der Waals surface area contributed by atoms with Gasteiger partial charge in [-0.1, -0.05) is 12.1 Å². The second-order valence-corrected chi connectivity index (χ2v) is 7.45. The van der Waals surface area contributed by atoms with Gasteiger partial charge in [0.05, 0.1) is 23.5 Å². The molecule has 0 saturated heterocycles. The van der Waals surface area contributed by atoms with E-state index in [1.165, 1.54) is 5.01 Å². The zero-order chi connectivity index (χ0) is 19.7. The molecule has 1 aliphatic rings. The number of rotatable bonds is 4. The van der Waals surface area contributed by atoms with Crippen molar-refractivity contribution >= 4 is 45.9 Å². The van der Waals surface area contributed by atoms with Crippen molar-refractivity contribution < 1.29 is 9.59 Å². The molecule has 28 heavy (non-hydrogen) atoms. The lowest BCUT2D eigenvalue weighted by Crippen LogP contribution is -2.19. The molecular weight excluding hydrogens is 372 g/mol. The van der Waals surface area contributed by atoms with E-state index < -0.39 is 0 Å². The summed E-state index contributed by atoms with van der Waals surface area (Å²) < 4.78 is 0. The molecule has 2 heterocycles. The highest BCUT2D eigenvalue weighted by atomic mass is 32.1. The summed E-state index contributed by atoms with van der Waals surface area (Å²) in [7, 11) is 0. The van der Waals surface area contributed by atoms with Crippen LogP contribution in [0.4, 0.5) is 17.1 Å². The van der Waals surface area contributed by atoms with E-state index in [-0.39, 0.29) is 11.8 Å². The highest BCUT2D eigenvalue weighted by Gasteiger charge is 2.22. The first-order valence-electron chi connectivity index (χ1n) is 8.73. The smallest absolute Gasteiger partial charge is 0.255 e. The number of benzene rings is 2. The number of carbonyl (C=O) groups excluding carboxylic acids is 2. The van der Waals surface area contributed by atoms with Crippen molar-refractivity contribution in [3.8, 4) is 10.4 Å². The first kappa shape index (κ1) is 17.9. The van der Waals surface area contributed by atoms with Crippen LogP contribution >= 0.6 is 11.3 Å². The number of nitrogen functional groups attached to an aromatic ring is 1. The van der Waals surface area contributed by atoms with Crippen LogP contribution in [-0.2, 0) is 4.79 Å². The minimum absolute atomic E-state index is 0.0760. The average Bonchev–Trinajstić information content (AvgIpc) is 3.33. The molecule has 7 heteroatoms. The monoisotopic (exact) mass is 390 g/mol. The molecule has 0 aliphatic carbocycles. The molecule has 0 radical (unpaired) electrons. The molecule has 0 atom stereocenters. The molecule has 2 aromatic carbocycles. The van der Waals surface area contributed by atoms with E-state index in [9.17, 15) is 9.59 Å². The summed E-state index contributed by atoms with van der Waals surface area (Å²) in [5.41, 5.74) is 9.97. The Kier molecular flexibility index (Phi) is 4.67. The molecule has 3 N–H and O–H groups in total. The van der Waals surface area contributed by atoms with E-state index in [1.54, 1.807) is 41.7 Å². The zero-order valence-corrected chi connectivity index (χ0v) is 16.0. The fourth-order valence-corrected chi connectivity index (χ4v) is 3.69. The maximum atomic E-state index is 12.6.